The molecule has 0 radical (unpaired) electrons. The second-order valence-electron chi connectivity index (χ2n) is 6.83. The summed E-state index contributed by atoms with van der Waals surface area (Å²) in [6.07, 6.45) is -3.43. The third-order valence-corrected chi connectivity index (χ3v) is 5.46. The predicted molar refractivity (Wildman–Crippen MR) is 103 cm³/mol. The van der Waals surface area contributed by atoms with Gasteiger partial charge in [0.2, 0.25) is 0 Å². The van der Waals surface area contributed by atoms with Gasteiger partial charge in [-0.15, -0.1) is 11.6 Å². The van der Waals surface area contributed by atoms with E-state index in [-0.39, 0.29) is 28.4 Å². The highest BCUT2D eigenvalue weighted by atomic mass is 35.5. The summed E-state index contributed by atoms with van der Waals surface area (Å²) in [5, 5.41) is 18.1. The van der Waals surface area contributed by atoms with Crippen molar-refractivity contribution < 1.29 is 23.4 Å². The zero-order valence-corrected chi connectivity index (χ0v) is 16.7. The molecule has 0 aliphatic rings. The highest BCUT2D eigenvalue weighted by Gasteiger charge is 2.50. The van der Waals surface area contributed by atoms with Crippen LogP contribution in [0.25, 0.3) is 0 Å². The summed E-state index contributed by atoms with van der Waals surface area (Å²) in [6.45, 7) is 6.68. The van der Waals surface area contributed by atoms with Gasteiger partial charge in [-0.05, 0) is 62.1 Å². The van der Waals surface area contributed by atoms with E-state index in [1.165, 1.54) is 38.1 Å². The van der Waals surface area contributed by atoms with Crippen LogP contribution in [-0.2, 0) is 10.3 Å². The Morgan fingerprint density at radius 1 is 0.741 bits per heavy atom. The molecule has 2 atom stereocenters. The smallest absolute Gasteiger partial charge is 0.398 e. The van der Waals surface area contributed by atoms with Gasteiger partial charge in [0.1, 0.15) is 11.5 Å². The number of benzene rings is 2. The molecule has 0 aliphatic carbocycles. The number of halogens is 4. The lowest BCUT2D eigenvalue weighted by molar-refractivity contribution is -0.186. The number of hydrogen-bond donors (Lipinski definition) is 2. The fourth-order valence-electron chi connectivity index (χ4n) is 2.41. The second kappa shape index (κ2) is 8.87. The largest absolute Gasteiger partial charge is 0.508 e. The van der Waals surface area contributed by atoms with Crippen LogP contribution in [0.3, 0.4) is 0 Å². The first kappa shape index (κ1) is 23.2. The molecule has 0 spiro atoms. The molecule has 2 nitrogen and oxygen atoms in total. The number of alkyl halides is 4. The maximum Gasteiger partial charge on any atom is 0.398 e. The average molecular weight is 403 g/mol. The minimum Gasteiger partial charge on any atom is -0.508 e. The van der Waals surface area contributed by atoms with E-state index in [0.29, 0.717) is 0 Å². The van der Waals surface area contributed by atoms with E-state index in [1.54, 1.807) is 12.1 Å². The van der Waals surface area contributed by atoms with Crippen molar-refractivity contribution in [2.45, 2.75) is 57.0 Å². The Hall–Kier alpha value is -1.88. The molecule has 2 aromatic carbocycles. The van der Waals surface area contributed by atoms with Gasteiger partial charge < -0.3 is 10.2 Å². The van der Waals surface area contributed by atoms with Gasteiger partial charge in [0.25, 0.3) is 0 Å². The monoisotopic (exact) mass is 402 g/mol. The summed E-state index contributed by atoms with van der Waals surface area (Å²) in [7, 11) is 0. The first-order valence-electron chi connectivity index (χ1n) is 8.72. The van der Waals surface area contributed by atoms with Gasteiger partial charge in [0.15, 0.2) is 0 Å². The number of hydrogen-bond acceptors (Lipinski definition) is 2. The second-order valence-corrected chi connectivity index (χ2v) is 7.66. The Bertz CT molecular complexity index is 710. The third-order valence-electron chi connectivity index (χ3n) is 4.97. The van der Waals surface area contributed by atoms with Crippen LogP contribution in [0.4, 0.5) is 13.2 Å². The average Bonchev–Trinajstić information content (AvgIpc) is 2.61. The lowest BCUT2D eigenvalue weighted by Crippen LogP contribution is -2.38. The van der Waals surface area contributed by atoms with Crippen molar-refractivity contribution in [1.82, 2.24) is 0 Å². The molecule has 0 heterocycles. The summed E-state index contributed by atoms with van der Waals surface area (Å²) < 4.78 is 38.5. The molecule has 2 unspecified atom stereocenters. The summed E-state index contributed by atoms with van der Waals surface area (Å²) in [5.41, 5.74) is -0.625. The van der Waals surface area contributed by atoms with Crippen LogP contribution in [0.2, 0.25) is 0 Å². The maximum absolute atomic E-state index is 12.8. The number of phenolic OH excluding ortho intramolecular Hbond substituents is 2. The molecule has 0 fully saturated rings. The summed E-state index contributed by atoms with van der Waals surface area (Å²) >= 11 is 6.22. The summed E-state index contributed by atoms with van der Waals surface area (Å²) in [5.74, 6) is 0.252. The first-order valence-corrected chi connectivity index (χ1v) is 9.10. The molecule has 150 valence electrons. The Labute approximate surface area is 163 Å². The molecule has 0 saturated heterocycles. The quantitative estimate of drug-likeness (QED) is 0.547. The normalized spacial score (nSPS) is 15.9. The van der Waals surface area contributed by atoms with Gasteiger partial charge in [-0.25, -0.2) is 0 Å². The number of phenols is 2. The van der Waals surface area contributed by atoms with E-state index in [1.807, 2.05) is 26.0 Å². The van der Waals surface area contributed by atoms with Gasteiger partial charge in [0.05, 0.1) is 10.3 Å². The minimum absolute atomic E-state index is 0.0265. The summed E-state index contributed by atoms with van der Waals surface area (Å²) in [4.78, 5) is -0.312. The Morgan fingerprint density at radius 3 is 1.41 bits per heavy atom. The third kappa shape index (κ3) is 5.80. The van der Waals surface area contributed by atoms with Crippen LogP contribution < -0.4 is 0 Å². The van der Waals surface area contributed by atoms with Crippen molar-refractivity contribution in [3.8, 4) is 11.5 Å². The van der Waals surface area contributed by atoms with Crippen molar-refractivity contribution in [2.24, 2.45) is 0 Å². The Morgan fingerprint density at radius 2 is 1.11 bits per heavy atom. The van der Waals surface area contributed by atoms with E-state index < -0.39 is 11.6 Å². The fraction of sp³-hybridized carbons (Fsp3) is 0.429. The lowest BCUT2D eigenvalue weighted by atomic mass is 9.79. The first-order chi connectivity index (χ1) is 12.4. The summed E-state index contributed by atoms with van der Waals surface area (Å²) in [6, 6.07) is 12.2. The molecule has 2 aromatic rings. The molecular weight excluding hydrogens is 377 g/mol. The van der Waals surface area contributed by atoms with Crippen molar-refractivity contribution >= 4 is 11.6 Å². The van der Waals surface area contributed by atoms with Crippen LogP contribution in [-0.4, -0.2) is 16.4 Å². The lowest BCUT2D eigenvalue weighted by Gasteiger charge is -2.31. The van der Waals surface area contributed by atoms with E-state index in [0.717, 1.165) is 12.0 Å². The molecular formula is C21H26ClF3O2. The molecule has 6 heteroatoms. The SMILES string of the molecule is CCC(C)(Cl)c1ccc(O)cc1.CCC(C)(c1ccc(O)cc1)C(F)(F)F. The van der Waals surface area contributed by atoms with Gasteiger partial charge >= 0.3 is 6.18 Å². The van der Waals surface area contributed by atoms with Gasteiger partial charge in [-0.2, -0.15) is 13.2 Å². The molecule has 0 saturated carbocycles. The van der Waals surface area contributed by atoms with Crippen molar-refractivity contribution in [2.75, 3.05) is 0 Å². The molecule has 0 amide bonds. The molecule has 0 aromatic heterocycles. The van der Waals surface area contributed by atoms with Gasteiger partial charge in [-0.3, -0.25) is 0 Å². The topological polar surface area (TPSA) is 40.5 Å². The molecule has 0 bridgehead atoms. The molecule has 27 heavy (non-hydrogen) atoms. The van der Waals surface area contributed by atoms with Crippen molar-refractivity contribution in [1.29, 1.82) is 0 Å². The minimum atomic E-state index is -4.28. The van der Waals surface area contributed by atoms with E-state index in [2.05, 4.69) is 0 Å². The predicted octanol–water partition coefficient (Wildman–Crippen LogP) is 6.88. The van der Waals surface area contributed by atoms with Crippen molar-refractivity contribution in [3.63, 3.8) is 0 Å². The van der Waals surface area contributed by atoms with Crippen LogP contribution in [0.1, 0.15) is 51.7 Å². The van der Waals surface area contributed by atoms with Crippen LogP contribution in [0.5, 0.6) is 11.5 Å². The zero-order chi connectivity index (χ0) is 20.9. The maximum atomic E-state index is 12.8. The highest BCUT2D eigenvalue weighted by Crippen LogP contribution is 2.43. The van der Waals surface area contributed by atoms with E-state index in [9.17, 15) is 13.2 Å². The highest BCUT2D eigenvalue weighted by molar-refractivity contribution is 6.23. The standard InChI is InChI=1S/C11H13F3O.C10H13ClO/c1-3-10(2,11(12,13)14)8-4-6-9(15)7-5-8;1-3-10(2,11)8-4-6-9(12)7-5-8/h4-7,15H,3H2,1-2H3;4-7,12H,3H2,1-2H3. The molecule has 2 rings (SSSR count). The van der Waals surface area contributed by atoms with E-state index >= 15 is 0 Å². The van der Waals surface area contributed by atoms with Gasteiger partial charge in [0, 0.05) is 0 Å². The number of aromatic hydroxyl groups is 2. The molecule has 0 aliphatic heterocycles. The van der Waals surface area contributed by atoms with E-state index in [4.69, 9.17) is 21.8 Å². The van der Waals surface area contributed by atoms with Crippen LogP contribution in [0, 0.1) is 0 Å². The zero-order valence-electron chi connectivity index (χ0n) is 15.9. The number of rotatable bonds is 4. The van der Waals surface area contributed by atoms with Gasteiger partial charge in [-0.1, -0.05) is 38.1 Å². The Balaban J connectivity index is 0.000000277. The molecule has 2 N–H and O–H groups in total. The van der Waals surface area contributed by atoms with Crippen LogP contribution in [0.15, 0.2) is 48.5 Å². The fourth-order valence-corrected chi connectivity index (χ4v) is 2.54. The van der Waals surface area contributed by atoms with Crippen LogP contribution >= 0.6 is 11.6 Å². The van der Waals surface area contributed by atoms with Crippen molar-refractivity contribution in [3.05, 3.63) is 59.7 Å². The Kier molecular flexibility index (Phi) is 7.61.